The van der Waals surface area contributed by atoms with E-state index in [0.717, 1.165) is 22.3 Å². The molecule has 3 atom stereocenters. The quantitative estimate of drug-likeness (QED) is 0.0701. The zero-order valence-electron chi connectivity index (χ0n) is 33.2. The largest absolute Gasteiger partial charge is 0.363 e. The highest BCUT2D eigenvalue weighted by Crippen LogP contribution is 2.51. The molecular weight excluding hydrogens is 617 g/mol. The highest BCUT2D eigenvalue weighted by molar-refractivity contribution is 6.21. The second-order valence-electron chi connectivity index (χ2n) is 16.4. The van der Waals surface area contributed by atoms with Gasteiger partial charge in [0.15, 0.2) is 0 Å². The first-order valence-corrected chi connectivity index (χ1v) is 18.4. The molecule has 0 aliphatic rings. The van der Waals surface area contributed by atoms with Crippen LogP contribution in [0, 0.1) is 16.2 Å². The molecule has 0 aromatic heterocycles. The predicted octanol–water partition coefficient (Wildman–Crippen LogP) is 14.0. The van der Waals surface area contributed by atoms with E-state index in [9.17, 15) is 0 Å². The van der Waals surface area contributed by atoms with Crippen molar-refractivity contribution in [2.24, 2.45) is 16.2 Å². The molecule has 0 bridgehead atoms. The molecule has 0 aliphatic carbocycles. The third kappa shape index (κ3) is 7.03. The Morgan fingerprint density at radius 2 is 1.02 bits per heavy atom. The summed E-state index contributed by atoms with van der Waals surface area (Å²) in [7, 11) is 0. The predicted molar refractivity (Wildman–Crippen MR) is 231 cm³/mol. The van der Waals surface area contributed by atoms with Crippen molar-refractivity contribution in [2.45, 2.75) is 92.8 Å². The molecular formula is C49H62N2. The smallest absolute Gasteiger partial charge is 0.0574 e. The van der Waals surface area contributed by atoms with Crippen LogP contribution in [0.1, 0.15) is 80.4 Å². The summed E-state index contributed by atoms with van der Waals surface area (Å²) >= 11 is 0. The van der Waals surface area contributed by atoms with Gasteiger partial charge in [-0.1, -0.05) is 140 Å². The van der Waals surface area contributed by atoms with Gasteiger partial charge in [0.05, 0.1) is 11.4 Å². The van der Waals surface area contributed by atoms with Gasteiger partial charge in [-0.05, 0) is 55.5 Å². The fourth-order valence-electron chi connectivity index (χ4n) is 7.16. The molecule has 2 nitrogen and oxygen atoms in total. The van der Waals surface area contributed by atoms with E-state index >= 15 is 0 Å². The standard InChI is InChI=1S/C49H62N2/c1-17-37-27-32-42-43(33-37)45(51(36(9)49(16,21-5)22-6)39-30-28-38(29-31-39)46(10,11)12)41-26-24-23-25-40(41)44(42)50(34(7)47(13,14)18-2)35(8)48(15,19-3)20-4/h17-36H,1-6H2,7-16H3/t34-,35-,36-/m0/s1. The molecule has 0 fully saturated rings. The van der Waals surface area contributed by atoms with Crippen LogP contribution < -0.4 is 9.80 Å². The molecule has 0 radical (unpaired) electrons. The van der Waals surface area contributed by atoms with Crippen molar-refractivity contribution in [3.63, 3.8) is 0 Å². The van der Waals surface area contributed by atoms with Crippen molar-refractivity contribution >= 4 is 44.7 Å². The minimum absolute atomic E-state index is 0.0167. The molecule has 0 amide bonds. The maximum Gasteiger partial charge on any atom is 0.0574 e. The summed E-state index contributed by atoms with van der Waals surface area (Å²) in [4.78, 5) is 5.12. The number of benzene rings is 4. The van der Waals surface area contributed by atoms with E-state index in [1.54, 1.807) is 0 Å². The third-order valence-electron chi connectivity index (χ3n) is 12.1. The summed E-state index contributed by atoms with van der Waals surface area (Å²) in [6.07, 6.45) is 12.2. The van der Waals surface area contributed by atoms with E-state index in [-0.39, 0.29) is 34.4 Å². The lowest BCUT2D eigenvalue weighted by atomic mass is 9.77. The summed E-state index contributed by atoms with van der Waals surface area (Å²) in [5.41, 5.74) is 4.87. The van der Waals surface area contributed by atoms with Gasteiger partial charge >= 0.3 is 0 Å². The van der Waals surface area contributed by atoms with Crippen LogP contribution >= 0.6 is 0 Å². The van der Waals surface area contributed by atoms with Crippen LogP contribution in [0.3, 0.4) is 0 Å². The van der Waals surface area contributed by atoms with E-state index in [1.165, 1.54) is 27.4 Å². The monoisotopic (exact) mass is 678 g/mol. The number of nitrogens with zero attached hydrogens (tertiary/aromatic N) is 2. The lowest BCUT2D eigenvalue weighted by Crippen LogP contribution is -2.52. The van der Waals surface area contributed by atoms with Crippen molar-refractivity contribution in [1.82, 2.24) is 0 Å². The topological polar surface area (TPSA) is 6.48 Å². The number of anilines is 3. The molecule has 4 aromatic carbocycles. The maximum absolute atomic E-state index is 4.30. The molecule has 4 rings (SSSR count). The Hall–Kier alpha value is -4.56. The van der Waals surface area contributed by atoms with Gasteiger partial charge in [-0.3, -0.25) is 0 Å². The molecule has 268 valence electrons. The van der Waals surface area contributed by atoms with Crippen LogP contribution in [0.5, 0.6) is 0 Å². The number of hydrogen-bond donors (Lipinski definition) is 0. The maximum atomic E-state index is 4.30. The fraction of sp³-hybridized carbons (Fsp3) is 0.347. The van der Waals surface area contributed by atoms with Gasteiger partial charge in [0.25, 0.3) is 0 Å². The lowest BCUT2D eigenvalue weighted by molar-refractivity contribution is 0.310. The lowest BCUT2D eigenvalue weighted by Gasteiger charge is -2.49. The van der Waals surface area contributed by atoms with Crippen molar-refractivity contribution in [1.29, 1.82) is 0 Å². The Bertz CT molecular complexity index is 1930. The van der Waals surface area contributed by atoms with Crippen LogP contribution in [0.4, 0.5) is 17.1 Å². The van der Waals surface area contributed by atoms with E-state index in [4.69, 9.17) is 0 Å². The van der Waals surface area contributed by atoms with E-state index < -0.39 is 5.41 Å². The third-order valence-corrected chi connectivity index (χ3v) is 12.1. The Morgan fingerprint density at radius 3 is 1.49 bits per heavy atom. The molecule has 0 N–H and O–H groups in total. The van der Waals surface area contributed by atoms with Crippen LogP contribution in [-0.4, -0.2) is 18.1 Å². The van der Waals surface area contributed by atoms with Crippen LogP contribution in [0.25, 0.3) is 27.6 Å². The molecule has 4 aromatic rings. The van der Waals surface area contributed by atoms with Crippen LogP contribution in [-0.2, 0) is 5.41 Å². The summed E-state index contributed by atoms with van der Waals surface area (Å²) in [6.45, 7) is 48.3. The molecule has 0 unspecified atom stereocenters. The first-order valence-electron chi connectivity index (χ1n) is 18.4. The second kappa shape index (κ2) is 14.6. The van der Waals surface area contributed by atoms with Gasteiger partial charge < -0.3 is 9.80 Å². The molecule has 0 aliphatic heterocycles. The molecule has 2 heteroatoms. The van der Waals surface area contributed by atoms with Gasteiger partial charge in [-0.2, -0.15) is 0 Å². The Balaban J connectivity index is 2.29. The SMILES string of the molecule is C=Cc1ccc2c(N([C@@H](C)C(C)(C)C=C)[C@@H](C)C(C)(C=C)C=C)c3ccccc3c(N(c3ccc(C(C)(C)C)cc3)[C@@H](C)C(C)(C=C)C=C)c2c1. The van der Waals surface area contributed by atoms with Crippen molar-refractivity contribution in [3.05, 3.63) is 148 Å². The Labute approximate surface area is 310 Å². The van der Waals surface area contributed by atoms with Gasteiger partial charge in [0.1, 0.15) is 0 Å². The first kappa shape index (κ1) is 39.2. The van der Waals surface area contributed by atoms with Gasteiger partial charge in [0, 0.05) is 61.6 Å². The first-order chi connectivity index (χ1) is 23.9. The number of hydrogen-bond acceptors (Lipinski definition) is 2. The highest BCUT2D eigenvalue weighted by atomic mass is 15.2. The number of rotatable bonds is 15. The molecule has 0 heterocycles. The molecule has 0 spiro atoms. The van der Waals surface area contributed by atoms with Gasteiger partial charge in [-0.25, -0.2) is 0 Å². The molecule has 0 saturated carbocycles. The van der Waals surface area contributed by atoms with E-state index in [2.05, 4.69) is 191 Å². The van der Waals surface area contributed by atoms with Crippen LogP contribution in [0.15, 0.2) is 137 Å². The van der Waals surface area contributed by atoms with Crippen molar-refractivity contribution in [2.75, 3.05) is 9.80 Å². The zero-order chi connectivity index (χ0) is 38.1. The normalized spacial score (nSPS) is 14.3. The summed E-state index contributed by atoms with van der Waals surface area (Å²) < 4.78 is 0. The minimum Gasteiger partial charge on any atom is -0.363 e. The number of fused-ring (bicyclic) bond motifs is 2. The van der Waals surface area contributed by atoms with Gasteiger partial charge in [0.2, 0.25) is 0 Å². The second-order valence-corrected chi connectivity index (χ2v) is 16.4. The average Bonchev–Trinajstić information content (AvgIpc) is 3.14. The van der Waals surface area contributed by atoms with Crippen molar-refractivity contribution < 1.29 is 0 Å². The van der Waals surface area contributed by atoms with E-state index in [1.807, 2.05) is 30.4 Å². The fourth-order valence-corrected chi connectivity index (χ4v) is 7.16. The van der Waals surface area contributed by atoms with Crippen molar-refractivity contribution in [3.8, 4) is 0 Å². The highest BCUT2D eigenvalue weighted by Gasteiger charge is 2.40. The summed E-state index contributed by atoms with van der Waals surface area (Å²) in [5.74, 6) is 0. The average molecular weight is 679 g/mol. The van der Waals surface area contributed by atoms with Gasteiger partial charge in [-0.15, -0.1) is 32.9 Å². The molecule has 0 saturated heterocycles. The summed E-state index contributed by atoms with van der Waals surface area (Å²) in [5, 5.41) is 4.68. The van der Waals surface area contributed by atoms with Crippen LogP contribution in [0.2, 0.25) is 0 Å². The molecule has 51 heavy (non-hydrogen) atoms. The Kier molecular flexibility index (Phi) is 11.2. The van der Waals surface area contributed by atoms with E-state index in [0.29, 0.717) is 0 Å². The zero-order valence-corrected chi connectivity index (χ0v) is 33.2. The Morgan fingerprint density at radius 1 is 0.529 bits per heavy atom. The minimum atomic E-state index is -0.399. The summed E-state index contributed by atoms with van der Waals surface area (Å²) in [6, 6.07) is 24.8.